The van der Waals surface area contributed by atoms with Crippen molar-refractivity contribution >= 4 is 22.7 Å². The summed E-state index contributed by atoms with van der Waals surface area (Å²) in [4.78, 5) is 23.4. The van der Waals surface area contributed by atoms with Gasteiger partial charge in [0.05, 0.1) is 12.2 Å². The minimum atomic E-state index is -0.859. The number of fused-ring (bicyclic) bond motifs is 1. The largest absolute Gasteiger partial charge is 0.463 e. The van der Waals surface area contributed by atoms with Crippen LogP contribution in [0.15, 0.2) is 54.6 Å². The fraction of sp³-hybridized carbons (Fsp3) is 0.222. The normalized spacial score (nSPS) is 11.7. The lowest BCUT2D eigenvalue weighted by molar-refractivity contribution is -0.147. The van der Waals surface area contributed by atoms with Crippen LogP contribution in [0.3, 0.4) is 0 Å². The van der Waals surface area contributed by atoms with Crippen LogP contribution in [0.5, 0.6) is 0 Å². The number of carbonyl (C=O) groups excluding carboxylic acids is 2. The van der Waals surface area contributed by atoms with E-state index in [0.717, 1.165) is 10.8 Å². The van der Waals surface area contributed by atoms with E-state index in [9.17, 15) is 9.59 Å². The summed E-state index contributed by atoms with van der Waals surface area (Å²) in [7, 11) is 0. The predicted octanol–water partition coefficient (Wildman–Crippen LogP) is 3.56. The quantitative estimate of drug-likeness (QED) is 0.625. The first-order chi connectivity index (χ1) is 10.5. The molecule has 0 heterocycles. The maximum absolute atomic E-state index is 12.0. The lowest BCUT2D eigenvalue weighted by atomic mass is 9.96. The third-order valence-corrected chi connectivity index (χ3v) is 3.24. The second-order valence-corrected chi connectivity index (χ2v) is 4.80. The van der Waals surface area contributed by atoms with Crippen molar-refractivity contribution in [1.29, 1.82) is 0 Å². The van der Waals surface area contributed by atoms with Gasteiger partial charge < -0.3 is 9.47 Å². The average Bonchev–Trinajstić information content (AvgIpc) is 2.51. The first-order valence-electron chi connectivity index (χ1n) is 7.05. The number of benzene rings is 2. The second kappa shape index (κ2) is 6.89. The first kappa shape index (κ1) is 15.8. The Morgan fingerprint density at radius 2 is 1.82 bits per heavy atom. The molecule has 4 heteroatoms. The molecular weight excluding hydrogens is 280 g/mol. The zero-order chi connectivity index (χ0) is 16.1. The van der Waals surface area contributed by atoms with Gasteiger partial charge in [0.15, 0.2) is 6.10 Å². The number of hydrogen-bond donors (Lipinski definition) is 0. The molecule has 0 spiro atoms. The highest BCUT2D eigenvalue weighted by Crippen LogP contribution is 2.31. The molecule has 2 aromatic carbocycles. The molecule has 0 radical (unpaired) electrons. The summed E-state index contributed by atoms with van der Waals surface area (Å²) in [5.74, 6) is -1.05. The van der Waals surface area contributed by atoms with Crippen LogP contribution in [0, 0.1) is 0 Å². The molecular formula is C18H18O4. The van der Waals surface area contributed by atoms with E-state index in [2.05, 4.69) is 6.58 Å². The fourth-order valence-electron chi connectivity index (χ4n) is 2.30. The summed E-state index contributed by atoms with van der Waals surface area (Å²) in [5.41, 5.74) is 0.819. The van der Waals surface area contributed by atoms with Gasteiger partial charge in [-0.1, -0.05) is 49.0 Å². The molecule has 0 amide bonds. The highest BCUT2D eigenvalue weighted by atomic mass is 16.6. The summed E-state index contributed by atoms with van der Waals surface area (Å²) < 4.78 is 10.3. The standard InChI is InChI=1S/C18H18O4/c1-4-21-18(20)12(2)17(22-13(3)19)16-11-7-9-14-8-5-6-10-15(14)16/h5-11,17H,2,4H2,1,3H3. The lowest BCUT2D eigenvalue weighted by Gasteiger charge is -2.20. The summed E-state index contributed by atoms with van der Waals surface area (Å²) in [6.07, 6.45) is -0.859. The molecule has 0 saturated heterocycles. The van der Waals surface area contributed by atoms with Crippen LogP contribution < -0.4 is 0 Å². The van der Waals surface area contributed by atoms with Crippen LogP contribution in [0.1, 0.15) is 25.5 Å². The van der Waals surface area contributed by atoms with E-state index in [-0.39, 0.29) is 12.2 Å². The van der Waals surface area contributed by atoms with E-state index in [1.807, 2.05) is 42.5 Å². The van der Waals surface area contributed by atoms with Gasteiger partial charge in [0, 0.05) is 12.5 Å². The Kier molecular flexibility index (Phi) is 4.94. The van der Waals surface area contributed by atoms with E-state index in [1.165, 1.54) is 6.92 Å². The Morgan fingerprint density at radius 3 is 2.50 bits per heavy atom. The van der Waals surface area contributed by atoms with Crippen molar-refractivity contribution in [3.05, 3.63) is 60.2 Å². The van der Waals surface area contributed by atoms with Crippen molar-refractivity contribution in [2.75, 3.05) is 6.61 Å². The Hall–Kier alpha value is -2.62. The molecule has 4 nitrogen and oxygen atoms in total. The number of carbonyl (C=O) groups is 2. The van der Waals surface area contributed by atoms with Crippen LogP contribution >= 0.6 is 0 Å². The highest BCUT2D eigenvalue weighted by molar-refractivity contribution is 5.93. The van der Waals surface area contributed by atoms with Crippen LogP contribution in [-0.2, 0) is 19.1 Å². The van der Waals surface area contributed by atoms with E-state index in [0.29, 0.717) is 5.56 Å². The zero-order valence-electron chi connectivity index (χ0n) is 12.7. The molecule has 1 unspecified atom stereocenters. The SMILES string of the molecule is C=C(C(=O)OCC)C(OC(C)=O)c1cccc2ccccc12. The molecule has 114 valence electrons. The van der Waals surface area contributed by atoms with Crippen LogP contribution in [-0.4, -0.2) is 18.5 Å². The predicted molar refractivity (Wildman–Crippen MR) is 84.2 cm³/mol. The van der Waals surface area contributed by atoms with Crippen molar-refractivity contribution in [3.8, 4) is 0 Å². The molecule has 0 saturated carbocycles. The van der Waals surface area contributed by atoms with Crippen LogP contribution in [0.4, 0.5) is 0 Å². The molecule has 0 aliphatic heterocycles. The van der Waals surface area contributed by atoms with Crippen molar-refractivity contribution in [2.24, 2.45) is 0 Å². The zero-order valence-corrected chi connectivity index (χ0v) is 12.7. The minimum Gasteiger partial charge on any atom is -0.463 e. The van der Waals surface area contributed by atoms with Gasteiger partial charge in [0.2, 0.25) is 0 Å². The molecule has 0 bridgehead atoms. The molecule has 2 aromatic rings. The minimum absolute atomic E-state index is 0.105. The molecule has 22 heavy (non-hydrogen) atoms. The van der Waals surface area contributed by atoms with E-state index in [4.69, 9.17) is 9.47 Å². The van der Waals surface area contributed by atoms with Crippen LogP contribution in [0.25, 0.3) is 10.8 Å². The smallest absolute Gasteiger partial charge is 0.337 e. The number of esters is 2. The lowest BCUT2D eigenvalue weighted by Crippen LogP contribution is -2.18. The topological polar surface area (TPSA) is 52.6 Å². The number of ether oxygens (including phenoxy) is 2. The van der Waals surface area contributed by atoms with E-state index in [1.54, 1.807) is 6.92 Å². The molecule has 0 aliphatic rings. The Labute approximate surface area is 129 Å². The Morgan fingerprint density at radius 1 is 1.14 bits per heavy atom. The maximum Gasteiger partial charge on any atom is 0.337 e. The summed E-state index contributed by atoms with van der Waals surface area (Å²) in [6.45, 7) is 7.01. The van der Waals surface area contributed by atoms with Crippen molar-refractivity contribution < 1.29 is 19.1 Å². The van der Waals surface area contributed by atoms with Gasteiger partial charge in [-0.05, 0) is 17.7 Å². The molecule has 1 atom stereocenters. The van der Waals surface area contributed by atoms with Gasteiger partial charge in [-0.3, -0.25) is 4.79 Å². The van der Waals surface area contributed by atoms with Gasteiger partial charge in [-0.2, -0.15) is 0 Å². The monoisotopic (exact) mass is 298 g/mol. The summed E-state index contributed by atoms with van der Waals surface area (Å²) in [5, 5.41) is 1.90. The van der Waals surface area contributed by atoms with E-state index < -0.39 is 18.0 Å². The fourth-order valence-corrected chi connectivity index (χ4v) is 2.30. The molecule has 0 aliphatic carbocycles. The van der Waals surface area contributed by atoms with E-state index >= 15 is 0 Å². The van der Waals surface area contributed by atoms with Crippen molar-refractivity contribution in [2.45, 2.75) is 20.0 Å². The first-order valence-corrected chi connectivity index (χ1v) is 7.05. The molecule has 0 fully saturated rings. The maximum atomic E-state index is 12.0. The van der Waals surface area contributed by atoms with Gasteiger partial charge in [-0.15, -0.1) is 0 Å². The molecule has 2 rings (SSSR count). The van der Waals surface area contributed by atoms with Gasteiger partial charge in [0.25, 0.3) is 0 Å². The number of rotatable bonds is 5. The highest BCUT2D eigenvalue weighted by Gasteiger charge is 2.26. The third kappa shape index (κ3) is 3.34. The Bertz CT molecular complexity index is 713. The summed E-state index contributed by atoms with van der Waals surface area (Å²) >= 11 is 0. The Balaban J connectivity index is 2.50. The van der Waals surface area contributed by atoms with Gasteiger partial charge in [-0.25, -0.2) is 4.79 Å². The molecule has 0 aromatic heterocycles. The van der Waals surface area contributed by atoms with Gasteiger partial charge >= 0.3 is 11.9 Å². The second-order valence-electron chi connectivity index (χ2n) is 4.80. The number of hydrogen-bond acceptors (Lipinski definition) is 4. The van der Waals surface area contributed by atoms with Gasteiger partial charge in [0.1, 0.15) is 0 Å². The third-order valence-electron chi connectivity index (χ3n) is 3.24. The summed E-state index contributed by atoms with van der Waals surface area (Å²) in [6, 6.07) is 13.3. The van der Waals surface area contributed by atoms with Crippen LogP contribution in [0.2, 0.25) is 0 Å². The molecule has 0 N–H and O–H groups in total. The average molecular weight is 298 g/mol. The van der Waals surface area contributed by atoms with Crippen molar-refractivity contribution in [1.82, 2.24) is 0 Å². The van der Waals surface area contributed by atoms with Crippen molar-refractivity contribution in [3.63, 3.8) is 0 Å².